The zero-order chi connectivity index (χ0) is 52.3. The van der Waals surface area contributed by atoms with Crippen LogP contribution in [0.3, 0.4) is 0 Å². The number of fused-ring (bicyclic) bond motifs is 2. The topological polar surface area (TPSA) is 271 Å². The van der Waals surface area contributed by atoms with E-state index in [1.165, 1.54) is 24.3 Å². The molecule has 0 saturated carbocycles. The summed E-state index contributed by atoms with van der Waals surface area (Å²) in [5.74, 6) is -1.00. The van der Waals surface area contributed by atoms with E-state index in [1.807, 2.05) is 141 Å². The molecular formula is C50H57N5Na2O12S4. The summed E-state index contributed by atoms with van der Waals surface area (Å²) in [6.45, 7) is 10.7. The number of hydrogen-bond acceptors (Lipinski definition) is 14. The van der Waals surface area contributed by atoms with E-state index in [1.54, 1.807) is 24.7 Å². The van der Waals surface area contributed by atoms with Gasteiger partial charge in [-0.15, -0.1) is 0 Å². The van der Waals surface area contributed by atoms with Crippen LogP contribution in [-0.2, 0) is 51.3 Å². The van der Waals surface area contributed by atoms with Crippen LogP contribution in [0.2, 0.25) is 0 Å². The van der Waals surface area contributed by atoms with Gasteiger partial charge in [0.15, 0.2) is 11.4 Å². The Morgan fingerprint density at radius 3 is 1.41 bits per heavy atom. The summed E-state index contributed by atoms with van der Waals surface area (Å²) in [5, 5.41) is 6.28. The molecule has 17 nitrogen and oxygen atoms in total. The van der Waals surface area contributed by atoms with Gasteiger partial charge in [0.05, 0.1) is 52.9 Å². The maximum absolute atomic E-state index is 11.6. The standard InChI is InChI=1S/C22H26N2O6S2.C15H21NO6S2.C13H12N2.2Na/c1-3-24-20-11-10-18(32(28,29)30)16-19(20)22(2,13-7-15-31(25,26)27)21(24)12-14-23-17-8-5-4-6-9-17;1-4-16-11(2)15(3,8-5-9-23(17,18)19)13-10-12(24(20,21)22)6-7-14(13)16;1-3-7-12(8-4-1)14-11-15-13-9-5-2-6-10-13;;/h4-6,8-12,14,16H,3,7,13,15H2,1-2H3,(H2,25,26,27,28,29,30);6-7,10H,4-5,8-9H2,1-3H3,(H-,17,18,19,20,21,22);1-11H,(H,14,15);;/q;;;2*+1/p-2. The Hall–Kier alpha value is -3.91. The molecule has 0 fully saturated rings. The molecule has 5 aromatic carbocycles. The normalized spacial score (nSPS) is 17.4. The van der Waals surface area contributed by atoms with Crippen molar-refractivity contribution < 1.29 is 120 Å². The van der Waals surface area contributed by atoms with Gasteiger partial charge in [-0.05, 0) is 114 Å². The number of allylic oxidation sites excluding steroid dienone is 1. The van der Waals surface area contributed by atoms with Gasteiger partial charge in [-0.1, -0.05) is 54.6 Å². The van der Waals surface area contributed by atoms with Gasteiger partial charge >= 0.3 is 59.1 Å². The molecule has 5 aromatic rings. The average molecular weight is 1090 g/mol. The summed E-state index contributed by atoms with van der Waals surface area (Å²) in [5.41, 5.74) is 6.00. The number of nitrogens with one attached hydrogen (secondary N) is 2. The first-order valence-electron chi connectivity index (χ1n) is 22.5. The van der Waals surface area contributed by atoms with Crippen molar-refractivity contribution in [1.29, 1.82) is 0 Å². The van der Waals surface area contributed by atoms with Gasteiger partial charge in [0.25, 0.3) is 0 Å². The number of anilines is 2. The summed E-state index contributed by atoms with van der Waals surface area (Å²) >= 11 is 0. The molecule has 0 aromatic heterocycles. The monoisotopic (exact) mass is 1090 g/mol. The van der Waals surface area contributed by atoms with Crippen LogP contribution in [0.15, 0.2) is 154 Å². The van der Waals surface area contributed by atoms with Crippen LogP contribution in [0.25, 0.3) is 0 Å². The molecule has 2 N–H and O–H groups in total. The Labute approximate surface area is 474 Å². The second-order valence-corrected chi connectivity index (χ2v) is 22.9. The van der Waals surface area contributed by atoms with Gasteiger partial charge < -0.3 is 28.8 Å². The zero-order valence-electron chi connectivity index (χ0n) is 41.9. The first-order valence-corrected chi connectivity index (χ1v) is 28.5. The largest absolute Gasteiger partial charge is 1.00 e. The van der Waals surface area contributed by atoms with Gasteiger partial charge in [0.1, 0.15) is 33.3 Å². The minimum Gasteiger partial charge on any atom is -0.748 e. The van der Waals surface area contributed by atoms with Crippen LogP contribution in [0.4, 0.5) is 28.4 Å². The van der Waals surface area contributed by atoms with Gasteiger partial charge in [-0.3, -0.25) is 0 Å². The molecule has 0 radical (unpaired) electrons. The fourth-order valence-corrected chi connectivity index (χ4v) is 10.7. The van der Waals surface area contributed by atoms with Crippen molar-refractivity contribution in [1.82, 2.24) is 0 Å². The molecule has 2 unspecified atom stereocenters. The minimum atomic E-state index is -4.67. The first-order chi connectivity index (χ1) is 33.3. The van der Waals surface area contributed by atoms with Crippen LogP contribution in [0.5, 0.6) is 0 Å². The molecule has 0 amide bonds. The van der Waals surface area contributed by atoms with Crippen LogP contribution in [-0.4, -0.2) is 103 Å². The molecule has 2 aliphatic rings. The minimum absolute atomic E-state index is 0. The number of nitrogens with zero attached hydrogens (tertiary/aromatic N) is 3. The van der Waals surface area contributed by atoms with Crippen molar-refractivity contribution in [3.63, 3.8) is 0 Å². The Morgan fingerprint density at radius 1 is 0.562 bits per heavy atom. The van der Waals surface area contributed by atoms with E-state index in [4.69, 9.17) is 0 Å². The molecule has 0 saturated heterocycles. The zero-order valence-corrected chi connectivity index (χ0v) is 49.2. The fraction of sp³-hybridized carbons (Fsp3) is 0.300. The third kappa shape index (κ3) is 17.6. The molecular weight excluding hydrogens is 1040 g/mol. The Balaban J connectivity index is 0.000000303. The van der Waals surface area contributed by atoms with E-state index >= 15 is 0 Å². The Morgan fingerprint density at radius 2 is 0.973 bits per heavy atom. The van der Waals surface area contributed by atoms with Crippen LogP contribution in [0.1, 0.15) is 71.4 Å². The molecule has 2 aliphatic heterocycles. The maximum atomic E-state index is 11.6. The maximum Gasteiger partial charge on any atom is 1.00 e. The van der Waals surface area contributed by atoms with Crippen molar-refractivity contribution >= 4 is 86.7 Å². The quantitative estimate of drug-likeness (QED) is 0.0416. The third-order valence-electron chi connectivity index (χ3n) is 12.4. The predicted octanol–water partition coefficient (Wildman–Crippen LogP) is 1.70. The van der Waals surface area contributed by atoms with Gasteiger partial charge in [0.2, 0.25) is 11.4 Å². The van der Waals surface area contributed by atoms with E-state index in [-0.39, 0.29) is 88.2 Å². The second-order valence-electron chi connectivity index (χ2n) is 17.1. The Bertz CT molecular complexity index is 3270. The van der Waals surface area contributed by atoms with Crippen molar-refractivity contribution in [3.05, 3.63) is 151 Å². The van der Waals surface area contributed by atoms with E-state index in [0.29, 0.717) is 30.6 Å². The fourth-order valence-electron chi connectivity index (χ4n) is 8.72. The van der Waals surface area contributed by atoms with Crippen LogP contribution >= 0.6 is 0 Å². The predicted molar refractivity (Wildman–Crippen MR) is 272 cm³/mol. The van der Waals surface area contributed by atoms with Gasteiger partial charge in [-0.2, -0.15) is 9.15 Å². The first kappa shape index (κ1) is 63.4. The van der Waals surface area contributed by atoms with Crippen molar-refractivity contribution in [2.45, 2.75) is 80.9 Å². The summed E-state index contributed by atoms with van der Waals surface area (Å²) in [4.78, 5) is 3.61. The van der Waals surface area contributed by atoms with E-state index in [9.17, 15) is 51.9 Å². The number of rotatable bonds is 18. The molecule has 2 atom stereocenters. The Kier molecular flexibility index (Phi) is 23.6. The SMILES string of the molecule is C(=Nc1ccccc1)Nc1ccccc1.CC[N+]1=C(/C=C/Nc2ccccc2)C(C)(CCCS(=O)(=O)[O-])c2cc(S(=O)(=O)[O-])ccc21.CC[N+]1=C(C)C(C)(CCCS(=O)(=O)[O-])c2cc(S(=O)(=O)[O-])ccc21.[Na+].[Na+]. The molecule has 73 heavy (non-hydrogen) atoms. The molecule has 0 aliphatic carbocycles. The number of hydrogen-bond donors (Lipinski definition) is 2. The summed E-state index contributed by atoms with van der Waals surface area (Å²) in [6, 6.07) is 37.8. The van der Waals surface area contributed by atoms with Crippen LogP contribution < -0.4 is 69.7 Å². The third-order valence-corrected chi connectivity index (χ3v) is 15.6. The molecule has 23 heteroatoms. The summed E-state index contributed by atoms with van der Waals surface area (Å²) < 4.78 is 139. The second kappa shape index (κ2) is 27.2. The van der Waals surface area contributed by atoms with Crippen molar-refractivity contribution in [2.75, 3.05) is 35.2 Å². The molecule has 7 rings (SSSR count). The number of aliphatic imine (C=N–C) groups is 1. The van der Waals surface area contributed by atoms with Crippen molar-refractivity contribution in [2.24, 2.45) is 4.99 Å². The number of para-hydroxylation sites is 3. The number of benzene rings is 5. The molecule has 2 heterocycles. The molecule has 0 bridgehead atoms. The van der Waals surface area contributed by atoms with Crippen molar-refractivity contribution in [3.8, 4) is 0 Å². The summed E-state index contributed by atoms with van der Waals surface area (Å²) in [7, 11) is -17.9. The van der Waals surface area contributed by atoms with Crippen LogP contribution in [0, 0.1) is 0 Å². The molecule has 0 spiro atoms. The van der Waals surface area contributed by atoms with Gasteiger partial charge in [0, 0.05) is 65.3 Å². The van der Waals surface area contributed by atoms with E-state index < -0.39 is 62.8 Å². The average Bonchev–Trinajstić information content (AvgIpc) is 3.67. The smallest absolute Gasteiger partial charge is 0.748 e. The van der Waals surface area contributed by atoms with Gasteiger partial charge in [-0.25, -0.2) is 38.7 Å². The molecule has 380 valence electrons. The van der Waals surface area contributed by atoms with E-state index in [0.717, 1.165) is 39.9 Å². The summed E-state index contributed by atoms with van der Waals surface area (Å²) in [6.07, 6.45) is 6.21. The van der Waals surface area contributed by atoms with E-state index in [2.05, 4.69) is 15.6 Å².